The van der Waals surface area contributed by atoms with Crippen LogP contribution in [0.1, 0.15) is 19.8 Å². The summed E-state index contributed by atoms with van der Waals surface area (Å²) < 4.78 is 0. The Labute approximate surface area is 111 Å². The number of aromatic amines is 1. The summed E-state index contributed by atoms with van der Waals surface area (Å²) >= 11 is 0. The molecule has 0 saturated carbocycles. The second-order valence-corrected chi connectivity index (χ2v) is 5.09. The number of nitrogens with zero attached hydrogens (tertiary/aromatic N) is 2. The van der Waals surface area contributed by atoms with Crippen molar-refractivity contribution < 1.29 is 4.79 Å². The Kier molecular flexibility index (Phi) is 3.16. The first-order valence-electron chi connectivity index (χ1n) is 6.57. The van der Waals surface area contributed by atoms with E-state index in [2.05, 4.69) is 33.0 Å². The largest absolute Gasteiger partial charge is 0.326 e. The number of hydrogen-bond acceptors (Lipinski definition) is 4. The van der Waals surface area contributed by atoms with Crippen molar-refractivity contribution in [3.63, 3.8) is 0 Å². The second kappa shape index (κ2) is 4.97. The molecule has 1 aromatic heterocycles. The van der Waals surface area contributed by atoms with Crippen molar-refractivity contribution in [2.45, 2.75) is 25.8 Å². The monoisotopic (exact) mass is 259 g/mol. The Morgan fingerprint density at radius 3 is 3.05 bits per heavy atom. The third-order valence-corrected chi connectivity index (χ3v) is 3.58. The van der Waals surface area contributed by atoms with E-state index in [0.29, 0.717) is 6.04 Å². The average Bonchev–Trinajstić information content (AvgIpc) is 2.86. The minimum absolute atomic E-state index is 0.0873. The van der Waals surface area contributed by atoms with Crippen LogP contribution in [0.2, 0.25) is 0 Å². The van der Waals surface area contributed by atoms with E-state index in [1.165, 1.54) is 0 Å². The Bertz CT molecular complexity index is 593. The summed E-state index contributed by atoms with van der Waals surface area (Å²) in [6, 6.07) is 5.94. The number of anilines is 1. The summed E-state index contributed by atoms with van der Waals surface area (Å²) in [4.78, 5) is 12.2. The highest BCUT2D eigenvalue weighted by Crippen LogP contribution is 2.20. The van der Waals surface area contributed by atoms with Crippen LogP contribution in [0, 0.1) is 5.92 Å². The molecule has 3 N–H and O–H groups in total. The van der Waals surface area contributed by atoms with Crippen LogP contribution >= 0.6 is 0 Å². The van der Waals surface area contributed by atoms with E-state index in [1.807, 2.05) is 18.2 Å². The van der Waals surface area contributed by atoms with Gasteiger partial charge in [-0.15, -0.1) is 0 Å². The van der Waals surface area contributed by atoms with Crippen LogP contribution < -0.4 is 10.6 Å². The second-order valence-electron chi connectivity index (χ2n) is 5.09. The van der Waals surface area contributed by atoms with Gasteiger partial charge in [-0.2, -0.15) is 15.4 Å². The van der Waals surface area contributed by atoms with Crippen molar-refractivity contribution in [2.75, 3.05) is 11.9 Å². The van der Waals surface area contributed by atoms with Gasteiger partial charge < -0.3 is 10.6 Å². The molecule has 1 aromatic carbocycles. The first-order chi connectivity index (χ1) is 9.22. The van der Waals surface area contributed by atoms with Gasteiger partial charge in [0, 0.05) is 17.6 Å². The lowest BCUT2D eigenvalue weighted by molar-refractivity contribution is -0.120. The SMILES string of the molecule is C[C@H]1C[C@@H](C(=O)Nc2ccc3n[nH]nc3c2)CCN1. The number of piperidine rings is 1. The highest BCUT2D eigenvalue weighted by atomic mass is 16.1. The number of carbonyl (C=O) groups excluding carboxylic acids is 1. The zero-order valence-corrected chi connectivity index (χ0v) is 10.8. The normalized spacial score (nSPS) is 23.4. The number of carbonyl (C=O) groups is 1. The predicted octanol–water partition coefficient (Wildman–Crippen LogP) is 1.28. The van der Waals surface area contributed by atoms with E-state index in [0.717, 1.165) is 36.1 Å². The summed E-state index contributed by atoms with van der Waals surface area (Å²) in [6.07, 6.45) is 1.78. The van der Waals surface area contributed by atoms with Gasteiger partial charge in [0.2, 0.25) is 5.91 Å². The van der Waals surface area contributed by atoms with E-state index in [1.54, 1.807) is 0 Å². The molecule has 0 radical (unpaired) electrons. The van der Waals surface area contributed by atoms with Gasteiger partial charge in [0.15, 0.2) is 0 Å². The van der Waals surface area contributed by atoms with Crippen molar-refractivity contribution in [1.29, 1.82) is 0 Å². The Morgan fingerprint density at radius 1 is 1.37 bits per heavy atom. The fourth-order valence-corrected chi connectivity index (χ4v) is 2.53. The standard InChI is InChI=1S/C13H17N5O/c1-8-6-9(4-5-14-8)13(19)15-10-2-3-11-12(7-10)17-18-16-11/h2-3,7-9,14H,4-6H2,1H3,(H,15,19)(H,16,17,18)/t8-,9-/m0/s1. The topological polar surface area (TPSA) is 82.7 Å². The molecule has 2 heterocycles. The van der Waals surface area contributed by atoms with Crippen molar-refractivity contribution in [3.05, 3.63) is 18.2 Å². The van der Waals surface area contributed by atoms with Gasteiger partial charge in [-0.3, -0.25) is 4.79 Å². The Balaban J connectivity index is 1.71. The zero-order valence-electron chi connectivity index (χ0n) is 10.8. The van der Waals surface area contributed by atoms with Gasteiger partial charge in [0.1, 0.15) is 11.0 Å². The van der Waals surface area contributed by atoms with E-state index < -0.39 is 0 Å². The van der Waals surface area contributed by atoms with Crippen LogP contribution in [0.15, 0.2) is 18.2 Å². The Morgan fingerprint density at radius 2 is 2.21 bits per heavy atom. The number of nitrogens with one attached hydrogen (secondary N) is 3. The molecule has 100 valence electrons. The maximum Gasteiger partial charge on any atom is 0.227 e. The van der Waals surface area contributed by atoms with Crippen molar-refractivity contribution in [2.24, 2.45) is 5.92 Å². The highest BCUT2D eigenvalue weighted by Gasteiger charge is 2.24. The van der Waals surface area contributed by atoms with E-state index in [-0.39, 0.29) is 11.8 Å². The fraction of sp³-hybridized carbons (Fsp3) is 0.462. The van der Waals surface area contributed by atoms with Crippen LogP contribution in [0.4, 0.5) is 5.69 Å². The van der Waals surface area contributed by atoms with E-state index in [4.69, 9.17) is 0 Å². The summed E-state index contributed by atoms with van der Waals surface area (Å²) in [6.45, 7) is 3.02. The maximum atomic E-state index is 12.2. The van der Waals surface area contributed by atoms with Gasteiger partial charge in [-0.1, -0.05) is 0 Å². The molecular formula is C13H17N5O. The van der Waals surface area contributed by atoms with Crippen LogP contribution in [-0.4, -0.2) is 33.9 Å². The molecule has 1 fully saturated rings. The van der Waals surface area contributed by atoms with Crippen LogP contribution in [0.3, 0.4) is 0 Å². The fourth-order valence-electron chi connectivity index (χ4n) is 2.53. The molecule has 0 spiro atoms. The first kappa shape index (κ1) is 12.1. The van der Waals surface area contributed by atoms with Crippen LogP contribution in [0.25, 0.3) is 11.0 Å². The quantitative estimate of drug-likeness (QED) is 0.758. The summed E-state index contributed by atoms with van der Waals surface area (Å²) in [5.41, 5.74) is 2.34. The lowest BCUT2D eigenvalue weighted by Crippen LogP contribution is -2.40. The predicted molar refractivity (Wildman–Crippen MR) is 72.7 cm³/mol. The molecule has 2 aromatic rings. The minimum Gasteiger partial charge on any atom is -0.326 e. The minimum atomic E-state index is 0.0873. The molecule has 1 saturated heterocycles. The van der Waals surface area contributed by atoms with Gasteiger partial charge in [-0.05, 0) is 44.5 Å². The summed E-state index contributed by atoms with van der Waals surface area (Å²) in [5, 5.41) is 16.9. The molecule has 6 nitrogen and oxygen atoms in total. The zero-order chi connectivity index (χ0) is 13.2. The smallest absolute Gasteiger partial charge is 0.227 e. The highest BCUT2D eigenvalue weighted by molar-refractivity contribution is 5.94. The molecule has 1 aliphatic heterocycles. The van der Waals surface area contributed by atoms with Crippen molar-refractivity contribution >= 4 is 22.6 Å². The number of aromatic nitrogens is 3. The third kappa shape index (κ3) is 2.58. The average molecular weight is 259 g/mol. The molecule has 0 aliphatic carbocycles. The van der Waals surface area contributed by atoms with Gasteiger partial charge in [0.05, 0.1) is 0 Å². The molecular weight excluding hydrogens is 242 g/mol. The number of rotatable bonds is 2. The third-order valence-electron chi connectivity index (χ3n) is 3.58. The number of H-pyrrole nitrogens is 1. The number of fused-ring (bicyclic) bond motifs is 1. The molecule has 1 aliphatic rings. The van der Waals surface area contributed by atoms with Gasteiger partial charge >= 0.3 is 0 Å². The Hall–Kier alpha value is -1.95. The number of amides is 1. The number of hydrogen-bond donors (Lipinski definition) is 3. The van der Waals surface area contributed by atoms with Gasteiger partial charge in [0.25, 0.3) is 0 Å². The number of benzene rings is 1. The van der Waals surface area contributed by atoms with Crippen molar-refractivity contribution in [1.82, 2.24) is 20.7 Å². The maximum absolute atomic E-state index is 12.2. The van der Waals surface area contributed by atoms with Crippen LogP contribution in [0.5, 0.6) is 0 Å². The lowest BCUT2D eigenvalue weighted by atomic mass is 9.92. The summed E-state index contributed by atoms with van der Waals surface area (Å²) in [7, 11) is 0. The molecule has 0 bridgehead atoms. The van der Waals surface area contributed by atoms with Crippen molar-refractivity contribution in [3.8, 4) is 0 Å². The van der Waals surface area contributed by atoms with E-state index in [9.17, 15) is 4.79 Å². The first-order valence-corrected chi connectivity index (χ1v) is 6.57. The lowest BCUT2D eigenvalue weighted by Gasteiger charge is -2.27. The molecule has 3 rings (SSSR count). The van der Waals surface area contributed by atoms with E-state index >= 15 is 0 Å². The summed E-state index contributed by atoms with van der Waals surface area (Å²) in [5.74, 6) is 0.181. The molecule has 0 unspecified atom stereocenters. The van der Waals surface area contributed by atoms with Gasteiger partial charge in [-0.25, -0.2) is 0 Å². The molecule has 6 heteroatoms. The van der Waals surface area contributed by atoms with Crippen LogP contribution in [-0.2, 0) is 4.79 Å². The molecule has 1 amide bonds. The molecule has 19 heavy (non-hydrogen) atoms. The molecule has 2 atom stereocenters.